The lowest BCUT2D eigenvalue weighted by molar-refractivity contribution is -0.134. The first kappa shape index (κ1) is 22.2. The quantitative estimate of drug-likeness (QED) is 0.726. The average Bonchev–Trinajstić information content (AvgIpc) is 2.68. The van der Waals surface area contributed by atoms with Gasteiger partial charge in [0.05, 0.1) is 11.4 Å². The van der Waals surface area contributed by atoms with Crippen molar-refractivity contribution in [2.45, 2.75) is 31.1 Å². The average molecular weight is 423 g/mol. The zero-order valence-electron chi connectivity index (χ0n) is 18.1. The van der Waals surface area contributed by atoms with Gasteiger partial charge in [-0.2, -0.15) is 4.31 Å². The molecule has 3 rings (SSSR count). The van der Waals surface area contributed by atoms with Gasteiger partial charge >= 0.3 is 0 Å². The molecule has 0 saturated carbocycles. The van der Waals surface area contributed by atoms with Crippen molar-refractivity contribution in [3.05, 3.63) is 29.8 Å². The number of sulfonamides is 1. The lowest BCUT2D eigenvalue weighted by atomic mass is 9.87. The van der Waals surface area contributed by atoms with Crippen molar-refractivity contribution in [3.8, 4) is 0 Å². The molecule has 8 heteroatoms. The van der Waals surface area contributed by atoms with Crippen molar-refractivity contribution in [1.29, 1.82) is 0 Å². The van der Waals surface area contributed by atoms with E-state index in [1.54, 1.807) is 12.1 Å². The number of hydrogen-bond donors (Lipinski definition) is 0. The van der Waals surface area contributed by atoms with Gasteiger partial charge in [-0.05, 0) is 30.2 Å². The first-order valence-corrected chi connectivity index (χ1v) is 11.8. The fraction of sp³-hybridized carbons (Fsp3) is 0.667. The van der Waals surface area contributed by atoms with Crippen LogP contribution in [0.2, 0.25) is 0 Å². The van der Waals surface area contributed by atoms with Gasteiger partial charge in [-0.1, -0.05) is 32.9 Å². The molecule has 1 aromatic carbocycles. The number of carbonyl (C=O) groups excluding carboxylic acids is 1. The highest BCUT2D eigenvalue weighted by Crippen LogP contribution is 2.25. The zero-order chi connectivity index (χ0) is 21.2. The molecule has 0 N–H and O–H groups in total. The molecule has 0 aliphatic carbocycles. The molecule has 2 aliphatic rings. The van der Waals surface area contributed by atoms with Crippen LogP contribution < -0.4 is 0 Å². The summed E-state index contributed by atoms with van der Waals surface area (Å²) in [5, 5.41) is 0. The molecular formula is C21H34N4O3S. The van der Waals surface area contributed by atoms with Gasteiger partial charge in [0.15, 0.2) is 0 Å². The van der Waals surface area contributed by atoms with E-state index in [2.05, 4.69) is 37.6 Å². The van der Waals surface area contributed by atoms with Crippen molar-refractivity contribution in [3.63, 3.8) is 0 Å². The Morgan fingerprint density at radius 1 is 0.897 bits per heavy atom. The number of piperazine rings is 2. The summed E-state index contributed by atoms with van der Waals surface area (Å²) >= 11 is 0. The Labute approximate surface area is 175 Å². The zero-order valence-corrected chi connectivity index (χ0v) is 18.9. The maximum absolute atomic E-state index is 13.0. The predicted octanol–water partition coefficient (Wildman–Crippen LogP) is 1.06. The van der Waals surface area contributed by atoms with Crippen molar-refractivity contribution in [1.82, 2.24) is 19.0 Å². The van der Waals surface area contributed by atoms with Gasteiger partial charge in [-0.3, -0.25) is 9.69 Å². The molecule has 0 unspecified atom stereocenters. The van der Waals surface area contributed by atoms with Gasteiger partial charge in [0.2, 0.25) is 15.9 Å². The fourth-order valence-corrected chi connectivity index (χ4v) is 5.17. The third-order valence-corrected chi connectivity index (χ3v) is 7.82. The van der Waals surface area contributed by atoms with Crippen LogP contribution in [0.15, 0.2) is 29.2 Å². The van der Waals surface area contributed by atoms with E-state index in [0.717, 1.165) is 31.7 Å². The van der Waals surface area contributed by atoms with Crippen LogP contribution >= 0.6 is 0 Å². The summed E-state index contributed by atoms with van der Waals surface area (Å²) in [5.41, 5.74) is 1.10. The van der Waals surface area contributed by atoms with Gasteiger partial charge in [0, 0.05) is 52.4 Å². The van der Waals surface area contributed by atoms with Crippen LogP contribution in [0.1, 0.15) is 26.3 Å². The van der Waals surface area contributed by atoms with Crippen LogP contribution in [0.3, 0.4) is 0 Å². The number of carbonyl (C=O) groups is 1. The van der Waals surface area contributed by atoms with Crippen LogP contribution in [0.4, 0.5) is 0 Å². The van der Waals surface area contributed by atoms with E-state index >= 15 is 0 Å². The highest BCUT2D eigenvalue weighted by atomic mass is 32.2. The summed E-state index contributed by atoms with van der Waals surface area (Å²) in [6.07, 6.45) is 0. The molecule has 0 aromatic heterocycles. The second-order valence-corrected chi connectivity index (χ2v) is 11.1. The highest BCUT2D eigenvalue weighted by molar-refractivity contribution is 7.89. The number of likely N-dealkylation sites (N-methyl/N-ethyl adjacent to an activating group) is 1. The van der Waals surface area contributed by atoms with Crippen molar-refractivity contribution in [2.75, 3.05) is 66.0 Å². The van der Waals surface area contributed by atoms with Crippen LogP contribution in [0.25, 0.3) is 0 Å². The molecule has 0 radical (unpaired) electrons. The molecule has 2 saturated heterocycles. The normalized spacial score (nSPS) is 20.8. The third-order valence-electron chi connectivity index (χ3n) is 5.90. The second kappa shape index (κ2) is 8.71. The summed E-state index contributed by atoms with van der Waals surface area (Å²) in [5.74, 6) is 0.146. The van der Waals surface area contributed by atoms with Crippen LogP contribution in [0, 0.1) is 0 Å². The number of amides is 1. The Bertz CT molecular complexity index is 801. The first-order chi connectivity index (χ1) is 13.6. The van der Waals surface area contributed by atoms with Crippen molar-refractivity contribution >= 4 is 15.9 Å². The summed E-state index contributed by atoms with van der Waals surface area (Å²) in [6, 6.07) is 7.22. The van der Waals surface area contributed by atoms with Crippen molar-refractivity contribution in [2.24, 2.45) is 0 Å². The van der Waals surface area contributed by atoms with E-state index in [9.17, 15) is 13.2 Å². The van der Waals surface area contributed by atoms with E-state index in [4.69, 9.17) is 0 Å². The first-order valence-electron chi connectivity index (χ1n) is 10.4. The summed E-state index contributed by atoms with van der Waals surface area (Å²) in [4.78, 5) is 19.1. The molecule has 0 bridgehead atoms. The molecule has 29 heavy (non-hydrogen) atoms. The Kier molecular flexibility index (Phi) is 6.67. The molecule has 1 amide bonds. The largest absolute Gasteiger partial charge is 0.339 e. The number of nitrogens with zero attached hydrogens (tertiary/aromatic N) is 4. The molecule has 2 heterocycles. The Morgan fingerprint density at radius 2 is 1.45 bits per heavy atom. The van der Waals surface area contributed by atoms with Crippen LogP contribution in [-0.2, 0) is 20.2 Å². The van der Waals surface area contributed by atoms with E-state index in [1.807, 2.05) is 17.0 Å². The maximum atomic E-state index is 13.0. The lowest BCUT2D eigenvalue weighted by Gasteiger charge is -2.36. The van der Waals surface area contributed by atoms with Gasteiger partial charge in [0.1, 0.15) is 0 Å². The summed E-state index contributed by atoms with van der Waals surface area (Å²) < 4.78 is 27.5. The topological polar surface area (TPSA) is 64.2 Å². The van der Waals surface area contributed by atoms with E-state index in [1.165, 1.54) is 4.31 Å². The van der Waals surface area contributed by atoms with E-state index < -0.39 is 10.0 Å². The SMILES string of the molecule is CN1CCN(C(=O)CN2CCN(S(=O)(=O)c3ccc(C(C)(C)C)cc3)CC2)CC1. The molecule has 0 atom stereocenters. The smallest absolute Gasteiger partial charge is 0.243 e. The predicted molar refractivity (Wildman–Crippen MR) is 114 cm³/mol. The van der Waals surface area contributed by atoms with E-state index in [-0.39, 0.29) is 11.3 Å². The minimum atomic E-state index is -3.50. The van der Waals surface area contributed by atoms with Gasteiger partial charge < -0.3 is 9.80 Å². The van der Waals surface area contributed by atoms with Crippen LogP contribution in [0.5, 0.6) is 0 Å². The minimum absolute atomic E-state index is 0.00970. The Hall–Kier alpha value is -1.48. The van der Waals surface area contributed by atoms with Gasteiger partial charge in [-0.15, -0.1) is 0 Å². The number of benzene rings is 1. The molecule has 2 aliphatic heterocycles. The van der Waals surface area contributed by atoms with Crippen molar-refractivity contribution < 1.29 is 13.2 Å². The van der Waals surface area contributed by atoms with Crippen LogP contribution in [-0.4, -0.2) is 99.3 Å². The van der Waals surface area contributed by atoms with Gasteiger partial charge in [0.25, 0.3) is 0 Å². The number of hydrogen-bond acceptors (Lipinski definition) is 5. The molecule has 7 nitrogen and oxygen atoms in total. The molecular weight excluding hydrogens is 388 g/mol. The number of rotatable bonds is 4. The molecule has 2 fully saturated rings. The molecule has 162 valence electrons. The summed E-state index contributed by atoms with van der Waals surface area (Å²) in [7, 11) is -1.43. The summed E-state index contributed by atoms with van der Waals surface area (Å²) in [6.45, 7) is 12.1. The third kappa shape index (κ3) is 5.36. The maximum Gasteiger partial charge on any atom is 0.243 e. The molecule has 0 spiro atoms. The van der Waals surface area contributed by atoms with E-state index in [0.29, 0.717) is 37.6 Å². The minimum Gasteiger partial charge on any atom is -0.339 e. The Morgan fingerprint density at radius 3 is 1.97 bits per heavy atom. The Balaban J connectivity index is 1.55. The fourth-order valence-electron chi connectivity index (χ4n) is 3.75. The second-order valence-electron chi connectivity index (χ2n) is 9.14. The highest BCUT2D eigenvalue weighted by Gasteiger charge is 2.30. The monoisotopic (exact) mass is 422 g/mol. The molecule has 1 aromatic rings. The standard InChI is InChI=1S/C21H34N4O3S/c1-21(2,3)18-5-7-19(8-6-18)29(27,28)25-15-11-23(12-16-25)17-20(26)24-13-9-22(4)10-14-24/h5-8H,9-17H2,1-4H3. The lowest BCUT2D eigenvalue weighted by Crippen LogP contribution is -2.53. The van der Waals surface area contributed by atoms with Gasteiger partial charge in [-0.25, -0.2) is 8.42 Å².